The fraction of sp³-hybridized carbons (Fsp3) is 0.174. The standard InChI is InChI=1S/C23H19N3O2/c27-22(13-16-7-3-6-15-5-1-2-8-18(15)16)24-17-10-11-20-19(14-17)23(28)26-12-4-9-21(26)25-20/h1-3,5-8,10-11,14H,4,9,12-13H2,(H,24,27). The van der Waals surface area contributed by atoms with Gasteiger partial charge < -0.3 is 5.32 Å². The van der Waals surface area contributed by atoms with Crippen LogP contribution in [0.3, 0.4) is 0 Å². The van der Waals surface area contributed by atoms with Crippen LogP contribution in [0.2, 0.25) is 0 Å². The summed E-state index contributed by atoms with van der Waals surface area (Å²) < 4.78 is 1.74. The van der Waals surface area contributed by atoms with Crippen LogP contribution in [-0.4, -0.2) is 15.5 Å². The lowest BCUT2D eigenvalue weighted by atomic mass is 10.0. The summed E-state index contributed by atoms with van der Waals surface area (Å²) in [5.41, 5.74) is 2.26. The Morgan fingerprint density at radius 1 is 1.04 bits per heavy atom. The zero-order chi connectivity index (χ0) is 19.1. The molecule has 4 aromatic rings. The first-order valence-corrected chi connectivity index (χ1v) is 9.49. The van der Waals surface area contributed by atoms with Gasteiger partial charge in [-0.1, -0.05) is 42.5 Å². The van der Waals surface area contributed by atoms with Crippen molar-refractivity contribution in [1.29, 1.82) is 0 Å². The minimum atomic E-state index is -0.107. The van der Waals surface area contributed by atoms with Gasteiger partial charge in [0.1, 0.15) is 5.82 Å². The molecule has 5 nitrogen and oxygen atoms in total. The number of hydrogen-bond donors (Lipinski definition) is 1. The van der Waals surface area contributed by atoms with Crippen molar-refractivity contribution in [3.8, 4) is 0 Å². The van der Waals surface area contributed by atoms with E-state index in [2.05, 4.69) is 10.3 Å². The van der Waals surface area contributed by atoms with Crippen LogP contribution in [0.25, 0.3) is 21.7 Å². The number of benzene rings is 3. The van der Waals surface area contributed by atoms with E-state index in [1.165, 1.54) is 0 Å². The summed E-state index contributed by atoms with van der Waals surface area (Å²) >= 11 is 0. The van der Waals surface area contributed by atoms with E-state index in [1.54, 1.807) is 10.6 Å². The van der Waals surface area contributed by atoms with Crippen LogP contribution < -0.4 is 10.9 Å². The molecule has 138 valence electrons. The zero-order valence-electron chi connectivity index (χ0n) is 15.3. The maximum Gasteiger partial charge on any atom is 0.261 e. The molecule has 0 fully saturated rings. The van der Waals surface area contributed by atoms with Gasteiger partial charge in [-0.15, -0.1) is 0 Å². The monoisotopic (exact) mass is 369 g/mol. The summed E-state index contributed by atoms with van der Waals surface area (Å²) in [6.07, 6.45) is 2.07. The van der Waals surface area contributed by atoms with Crippen molar-refractivity contribution in [3.63, 3.8) is 0 Å². The number of carbonyl (C=O) groups is 1. The molecule has 2 heterocycles. The molecule has 0 atom stereocenters. The number of hydrogen-bond acceptors (Lipinski definition) is 3. The van der Waals surface area contributed by atoms with Crippen LogP contribution in [0.5, 0.6) is 0 Å². The maximum absolute atomic E-state index is 12.7. The normalized spacial score (nSPS) is 13.0. The van der Waals surface area contributed by atoms with Gasteiger partial charge in [0.2, 0.25) is 5.91 Å². The summed E-state index contributed by atoms with van der Waals surface area (Å²) in [4.78, 5) is 29.9. The lowest BCUT2D eigenvalue weighted by molar-refractivity contribution is -0.115. The van der Waals surface area contributed by atoms with E-state index in [4.69, 9.17) is 0 Å². The first-order chi connectivity index (χ1) is 13.7. The Hall–Kier alpha value is -3.47. The lowest BCUT2D eigenvalue weighted by Gasteiger charge is -2.10. The van der Waals surface area contributed by atoms with Crippen molar-refractivity contribution in [1.82, 2.24) is 9.55 Å². The van der Waals surface area contributed by atoms with Gasteiger partial charge in [-0.3, -0.25) is 14.2 Å². The Balaban J connectivity index is 1.43. The quantitative estimate of drug-likeness (QED) is 0.599. The highest BCUT2D eigenvalue weighted by molar-refractivity contribution is 5.97. The van der Waals surface area contributed by atoms with Crippen LogP contribution >= 0.6 is 0 Å². The summed E-state index contributed by atoms with van der Waals surface area (Å²) in [6, 6.07) is 19.4. The average Bonchev–Trinajstić information content (AvgIpc) is 3.18. The molecule has 1 aliphatic rings. The Bertz CT molecular complexity index is 1290. The number of fused-ring (bicyclic) bond motifs is 3. The van der Waals surface area contributed by atoms with Gasteiger partial charge in [0.05, 0.1) is 17.3 Å². The van der Waals surface area contributed by atoms with Crippen LogP contribution in [0.4, 0.5) is 5.69 Å². The molecule has 0 unspecified atom stereocenters. The van der Waals surface area contributed by atoms with E-state index < -0.39 is 0 Å². The van der Waals surface area contributed by atoms with Crippen LogP contribution in [0, 0.1) is 0 Å². The Labute approximate surface area is 161 Å². The van der Waals surface area contributed by atoms with Crippen molar-refractivity contribution in [3.05, 3.63) is 82.4 Å². The second-order valence-corrected chi connectivity index (χ2v) is 7.18. The molecule has 0 spiro atoms. The predicted octanol–water partition coefficient (Wildman–Crippen LogP) is 3.68. The summed E-state index contributed by atoms with van der Waals surface area (Å²) in [7, 11) is 0. The number of nitrogens with one attached hydrogen (secondary N) is 1. The summed E-state index contributed by atoms with van der Waals surface area (Å²) in [6.45, 7) is 0.717. The highest BCUT2D eigenvalue weighted by Crippen LogP contribution is 2.21. The molecular formula is C23H19N3O2. The van der Waals surface area contributed by atoms with Gasteiger partial charge in [0, 0.05) is 18.7 Å². The second-order valence-electron chi connectivity index (χ2n) is 7.18. The molecule has 1 N–H and O–H groups in total. The van der Waals surface area contributed by atoms with Crippen molar-refractivity contribution in [2.75, 3.05) is 5.32 Å². The second kappa shape index (κ2) is 6.60. The van der Waals surface area contributed by atoms with Gasteiger partial charge in [0.25, 0.3) is 5.56 Å². The molecule has 1 amide bonds. The number of aromatic nitrogens is 2. The minimum Gasteiger partial charge on any atom is -0.326 e. The molecule has 1 aromatic heterocycles. The van der Waals surface area contributed by atoms with Crippen molar-refractivity contribution in [2.45, 2.75) is 25.8 Å². The molecular weight excluding hydrogens is 350 g/mol. The number of rotatable bonds is 3. The third-order valence-electron chi connectivity index (χ3n) is 5.33. The molecule has 0 saturated carbocycles. The number of aryl methyl sites for hydroxylation is 1. The Morgan fingerprint density at radius 2 is 1.89 bits per heavy atom. The average molecular weight is 369 g/mol. The summed E-state index contributed by atoms with van der Waals surface area (Å²) in [5.74, 6) is 0.746. The largest absolute Gasteiger partial charge is 0.326 e. The molecule has 0 radical (unpaired) electrons. The SMILES string of the molecule is O=C(Cc1cccc2ccccc12)Nc1ccc2nc3n(c(=O)c2c1)CCC3. The molecule has 28 heavy (non-hydrogen) atoms. The molecule has 3 aromatic carbocycles. The minimum absolute atomic E-state index is 0.0253. The highest BCUT2D eigenvalue weighted by atomic mass is 16.1. The van der Waals surface area contributed by atoms with Gasteiger partial charge in [-0.05, 0) is 41.0 Å². The van der Waals surface area contributed by atoms with E-state index in [0.29, 0.717) is 16.6 Å². The predicted molar refractivity (Wildman–Crippen MR) is 111 cm³/mol. The molecule has 1 aliphatic heterocycles. The van der Waals surface area contributed by atoms with Crippen LogP contribution in [0.1, 0.15) is 17.8 Å². The van der Waals surface area contributed by atoms with E-state index >= 15 is 0 Å². The smallest absolute Gasteiger partial charge is 0.261 e. The number of carbonyl (C=O) groups excluding carboxylic acids is 1. The molecule has 0 aliphatic carbocycles. The highest BCUT2D eigenvalue weighted by Gasteiger charge is 2.16. The molecule has 0 saturated heterocycles. The number of anilines is 1. The molecule has 5 rings (SSSR count). The van der Waals surface area contributed by atoms with Crippen LogP contribution in [-0.2, 0) is 24.2 Å². The topological polar surface area (TPSA) is 64.0 Å². The fourth-order valence-electron chi connectivity index (χ4n) is 3.99. The van der Waals surface area contributed by atoms with Gasteiger partial charge in [-0.2, -0.15) is 0 Å². The van der Waals surface area contributed by atoms with Gasteiger partial charge in [0.15, 0.2) is 0 Å². The van der Waals surface area contributed by atoms with Crippen molar-refractivity contribution >= 4 is 33.3 Å². The molecule has 5 heteroatoms. The summed E-state index contributed by atoms with van der Waals surface area (Å²) in [5, 5.41) is 5.67. The van der Waals surface area contributed by atoms with E-state index in [9.17, 15) is 9.59 Å². The third kappa shape index (κ3) is 2.85. The lowest BCUT2D eigenvalue weighted by Crippen LogP contribution is -2.21. The number of nitrogens with zero attached hydrogens (tertiary/aromatic N) is 2. The Kier molecular flexibility index (Phi) is 3.93. The third-order valence-corrected chi connectivity index (χ3v) is 5.33. The van der Waals surface area contributed by atoms with Gasteiger partial charge in [-0.25, -0.2) is 4.98 Å². The van der Waals surface area contributed by atoms with Crippen molar-refractivity contribution in [2.24, 2.45) is 0 Å². The Morgan fingerprint density at radius 3 is 2.82 bits per heavy atom. The fourth-order valence-corrected chi connectivity index (χ4v) is 3.99. The zero-order valence-corrected chi connectivity index (χ0v) is 15.3. The van der Waals surface area contributed by atoms with E-state index in [-0.39, 0.29) is 17.9 Å². The van der Waals surface area contributed by atoms with E-state index in [1.807, 2.05) is 54.6 Å². The molecule has 0 bridgehead atoms. The van der Waals surface area contributed by atoms with Crippen molar-refractivity contribution < 1.29 is 4.79 Å². The maximum atomic E-state index is 12.7. The van der Waals surface area contributed by atoms with Crippen LogP contribution in [0.15, 0.2) is 65.5 Å². The first kappa shape index (κ1) is 16.7. The first-order valence-electron chi connectivity index (χ1n) is 9.49. The van der Waals surface area contributed by atoms with E-state index in [0.717, 1.165) is 41.5 Å². The number of amides is 1. The van der Waals surface area contributed by atoms with Gasteiger partial charge >= 0.3 is 0 Å².